The average Bonchev–Trinajstić information content (AvgIpc) is 2.74. The van der Waals surface area contributed by atoms with Gasteiger partial charge in [-0.3, -0.25) is 9.78 Å². The Morgan fingerprint density at radius 1 is 1.07 bits per heavy atom. The van der Waals surface area contributed by atoms with Crippen molar-refractivity contribution >= 4 is 34.4 Å². The summed E-state index contributed by atoms with van der Waals surface area (Å²) in [5.41, 5.74) is 2.58. The summed E-state index contributed by atoms with van der Waals surface area (Å²) in [7, 11) is 1.59. The Bertz CT molecular complexity index is 1190. The van der Waals surface area contributed by atoms with Gasteiger partial charge < -0.3 is 10.1 Å². The van der Waals surface area contributed by atoms with Crippen LogP contribution in [0, 0.1) is 0 Å². The van der Waals surface area contributed by atoms with Gasteiger partial charge in [0.1, 0.15) is 5.75 Å². The zero-order chi connectivity index (χ0) is 19.5. The lowest BCUT2D eigenvalue weighted by atomic mass is 10.0. The molecule has 2 aromatic carbocycles. The van der Waals surface area contributed by atoms with Crippen molar-refractivity contribution in [1.29, 1.82) is 0 Å². The number of ether oxygens (including phenoxy) is 1. The van der Waals surface area contributed by atoms with E-state index in [0.29, 0.717) is 28.4 Å². The van der Waals surface area contributed by atoms with Crippen LogP contribution in [0.5, 0.6) is 5.75 Å². The quantitative estimate of drug-likeness (QED) is 0.490. The van der Waals surface area contributed by atoms with E-state index < -0.39 is 0 Å². The maximum Gasteiger partial charge on any atom is 0.262 e. The third kappa shape index (κ3) is 3.44. The Morgan fingerprint density at radius 3 is 2.61 bits per heavy atom. The monoisotopic (exact) mass is 390 g/mol. The predicted octanol–water partition coefficient (Wildman–Crippen LogP) is 4.46. The highest BCUT2D eigenvalue weighted by Crippen LogP contribution is 2.28. The van der Waals surface area contributed by atoms with Crippen molar-refractivity contribution in [2.24, 2.45) is 0 Å². The topological polar surface area (TPSA) is 79.9 Å². The molecule has 0 amide bonds. The molecule has 0 saturated carbocycles. The molecule has 4 aromatic rings. The number of thioether (sulfide) groups is 1. The highest BCUT2D eigenvalue weighted by Gasteiger charge is 2.12. The van der Waals surface area contributed by atoms with Crippen LogP contribution < -0.4 is 15.6 Å². The molecule has 0 unspecified atom stereocenters. The molecule has 0 aliphatic carbocycles. The second-order valence-corrected chi connectivity index (χ2v) is 6.91. The summed E-state index contributed by atoms with van der Waals surface area (Å²) >= 11 is 1.67. The van der Waals surface area contributed by atoms with Crippen LogP contribution >= 0.6 is 11.8 Å². The van der Waals surface area contributed by atoms with Crippen LogP contribution in [-0.4, -0.2) is 28.3 Å². The largest absolute Gasteiger partial charge is 0.495 e. The van der Waals surface area contributed by atoms with E-state index in [1.54, 1.807) is 25.1 Å². The lowest BCUT2D eigenvalue weighted by Gasteiger charge is -2.11. The zero-order valence-electron chi connectivity index (χ0n) is 15.4. The number of H-pyrrole nitrogens is 1. The molecule has 6 nitrogen and oxygen atoms in total. The van der Waals surface area contributed by atoms with E-state index in [-0.39, 0.29) is 5.56 Å². The summed E-state index contributed by atoms with van der Waals surface area (Å²) in [5, 5.41) is 3.56. The van der Waals surface area contributed by atoms with Crippen molar-refractivity contribution in [2.75, 3.05) is 18.7 Å². The van der Waals surface area contributed by atoms with Crippen LogP contribution in [0.1, 0.15) is 0 Å². The minimum atomic E-state index is -0.251. The van der Waals surface area contributed by atoms with Gasteiger partial charge in [0.05, 0.1) is 18.2 Å². The number of pyridine rings is 1. The second-order valence-electron chi connectivity index (χ2n) is 6.03. The molecule has 0 fully saturated rings. The molecule has 7 heteroatoms. The predicted molar refractivity (Wildman–Crippen MR) is 114 cm³/mol. The van der Waals surface area contributed by atoms with Gasteiger partial charge in [0.2, 0.25) is 5.95 Å². The summed E-state index contributed by atoms with van der Waals surface area (Å²) in [6.07, 6.45) is 3.70. The second kappa shape index (κ2) is 7.74. The van der Waals surface area contributed by atoms with Gasteiger partial charge in [0.15, 0.2) is 5.65 Å². The molecule has 2 heterocycles. The number of nitrogens with one attached hydrogen (secondary N) is 2. The molecule has 0 saturated heterocycles. The van der Waals surface area contributed by atoms with Crippen LogP contribution in [0.4, 0.5) is 11.6 Å². The number of aromatic nitrogens is 3. The van der Waals surface area contributed by atoms with Gasteiger partial charge in [0.25, 0.3) is 5.56 Å². The first-order valence-electron chi connectivity index (χ1n) is 8.63. The average molecular weight is 390 g/mol. The van der Waals surface area contributed by atoms with Crippen molar-refractivity contribution in [1.82, 2.24) is 15.0 Å². The molecule has 0 aliphatic rings. The Labute approximate surface area is 166 Å². The number of rotatable bonds is 5. The molecular formula is C21H18N4O2S. The van der Waals surface area contributed by atoms with E-state index >= 15 is 0 Å². The van der Waals surface area contributed by atoms with Crippen molar-refractivity contribution in [3.8, 4) is 16.9 Å². The summed E-state index contributed by atoms with van der Waals surface area (Å²) in [6.45, 7) is 0. The molecule has 0 radical (unpaired) electrons. The van der Waals surface area contributed by atoms with E-state index in [1.165, 1.54) is 0 Å². The van der Waals surface area contributed by atoms with Crippen molar-refractivity contribution in [2.45, 2.75) is 4.90 Å². The number of aromatic amines is 1. The first-order valence-corrected chi connectivity index (χ1v) is 9.85. The van der Waals surface area contributed by atoms with Gasteiger partial charge in [-0.05, 0) is 47.7 Å². The molecule has 2 aromatic heterocycles. The normalized spacial score (nSPS) is 10.8. The Balaban J connectivity index is 1.79. The van der Waals surface area contributed by atoms with Crippen LogP contribution in [0.2, 0.25) is 0 Å². The molecule has 0 aliphatic heterocycles. The number of nitrogens with zero attached hydrogens (tertiary/aromatic N) is 2. The van der Waals surface area contributed by atoms with Gasteiger partial charge in [-0.25, -0.2) is 4.98 Å². The Hall–Kier alpha value is -3.32. The Kier molecular flexibility index (Phi) is 4.99. The van der Waals surface area contributed by atoms with Crippen LogP contribution in [-0.2, 0) is 0 Å². The first kappa shape index (κ1) is 18.1. The third-order valence-corrected chi connectivity index (χ3v) is 5.11. The maximum atomic E-state index is 12.9. The van der Waals surface area contributed by atoms with Crippen LogP contribution in [0.25, 0.3) is 22.2 Å². The summed E-state index contributed by atoms with van der Waals surface area (Å²) in [5.74, 6) is 0.963. The number of anilines is 2. The number of benzene rings is 2. The molecule has 140 valence electrons. The molecule has 4 rings (SSSR count). The molecule has 0 bridgehead atoms. The van der Waals surface area contributed by atoms with E-state index in [1.807, 2.05) is 60.9 Å². The van der Waals surface area contributed by atoms with E-state index in [9.17, 15) is 4.79 Å². The fourth-order valence-corrected chi connectivity index (χ4v) is 3.42. The molecule has 0 spiro atoms. The third-order valence-electron chi connectivity index (χ3n) is 4.37. The van der Waals surface area contributed by atoms with Gasteiger partial charge in [-0.2, -0.15) is 4.98 Å². The molecule has 2 N–H and O–H groups in total. The Morgan fingerprint density at radius 2 is 1.86 bits per heavy atom. The fraction of sp³-hybridized carbons (Fsp3) is 0.0952. The number of hydrogen-bond donors (Lipinski definition) is 2. The molecule has 28 heavy (non-hydrogen) atoms. The summed E-state index contributed by atoms with van der Waals surface area (Å²) < 4.78 is 5.33. The number of hydrogen-bond acceptors (Lipinski definition) is 6. The van der Waals surface area contributed by atoms with E-state index in [2.05, 4.69) is 20.3 Å². The minimum absolute atomic E-state index is 0.251. The number of para-hydroxylation sites is 2. The van der Waals surface area contributed by atoms with Crippen molar-refractivity contribution in [3.63, 3.8) is 0 Å². The van der Waals surface area contributed by atoms with Crippen LogP contribution in [0.3, 0.4) is 0 Å². The zero-order valence-corrected chi connectivity index (χ0v) is 16.2. The highest BCUT2D eigenvalue weighted by molar-refractivity contribution is 7.98. The van der Waals surface area contributed by atoms with Gasteiger partial charge in [-0.1, -0.05) is 24.3 Å². The van der Waals surface area contributed by atoms with E-state index in [4.69, 9.17) is 4.74 Å². The minimum Gasteiger partial charge on any atom is -0.495 e. The van der Waals surface area contributed by atoms with Gasteiger partial charge in [-0.15, -0.1) is 11.8 Å². The SMILES string of the molecule is COc1ccccc1Nc1nc2nccc(-c3ccc(SC)cc3)c2c(=O)[nH]1. The summed E-state index contributed by atoms with van der Waals surface area (Å²) in [4.78, 5) is 25.6. The lowest BCUT2D eigenvalue weighted by molar-refractivity contribution is 0.417. The maximum absolute atomic E-state index is 12.9. The van der Waals surface area contributed by atoms with Gasteiger partial charge in [0, 0.05) is 11.1 Å². The highest BCUT2D eigenvalue weighted by atomic mass is 32.2. The first-order chi connectivity index (χ1) is 13.7. The number of methoxy groups -OCH3 is 1. The standard InChI is InChI=1S/C21H18N4O2S/c1-27-17-6-4-3-5-16(17)23-21-24-19-18(20(26)25-21)15(11-12-22-19)13-7-9-14(28-2)10-8-13/h3-12H,1-2H3,(H2,22,23,24,25,26). The lowest BCUT2D eigenvalue weighted by Crippen LogP contribution is -2.13. The van der Waals surface area contributed by atoms with Gasteiger partial charge >= 0.3 is 0 Å². The fourth-order valence-electron chi connectivity index (χ4n) is 3.01. The molecular weight excluding hydrogens is 372 g/mol. The number of fused-ring (bicyclic) bond motifs is 1. The van der Waals surface area contributed by atoms with E-state index in [0.717, 1.165) is 16.0 Å². The van der Waals surface area contributed by atoms with Crippen LogP contribution in [0.15, 0.2) is 70.5 Å². The smallest absolute Gasteiger partial charge is 0.262 e. The summed E-state index contributed by atoms with van der Waals surface area (Å²) in [6, 6.07) is 17.3. The van der Waals surface area contributed by atoms with Crippen molar-refractivity contribution in [3.05, 3.63) is 71.1 Å². The molecule has 0 atom stereocenters. The van der Waals surface area contributed by atoms with Crippen molar-refractivity contribution < 1.29 is 4.74 Å².